The van der Waals surface area contributed by atoms with Gasteiger partial charge in [-0.05, 0) is 31.2 Å². The van der Waals surface area contributed by atoms with Crippen LogP contribution in [0.4, 0.5) is 4.79 Å². The van der Waals surface area contributed by atoms with Crippen molar-refractivity contribution in [2.75, 3.05) is 38.5 Å². The molecule has 3 amide bonds. The second-order valence-corrected chi connectivity index (χ2v) is 6.80. The molecular weight excluding hydrogens is 362 g/mol. The van der Waals surface area contributed by atoms with Crippen molar-refractivity contribution < 1.29 is 9.59 Å². The van der Waals surface area contributed by atoms with Crippen molar-refractivity contribution in [2.24, 2.45) is 4.99 Å². The van der Waals surface area contributed by atoms with Crippen LogP contribution < -0.4 is 16.0 Å². The smallest absolute Gasteiger partial charge is 0.324 e. The van der Waals surface area contributed by atoms with Crippen LogP contribution in [-0.2, 0) is 4.79 Å². The summed E-state index contributed by atoms with van der Waals surface area (Å²) >= 11 is 7.59. The zero-order valence-electron chi connectivity index (χ0n) is 14.0. The number of hydrogen-bond donors (Lipinski definition) is 3. The Bertz CT molecular complexity index is 607. The number of hydrogen-bond acceptors (Lipinski definition) is 4. The van der Waals surface area contributed by atoms with Gasteiger partial charge in [0.2, 0.25) is 5.91 Å². The summed E-state index contributed by atoms with van der Waals surface area (Å²) in [4.78, 5) is 29.7. The number of nitrogens with one attached hydrogen (secondary N) is 3. The Labute approximate surface area is 156 Å². The largest absolute Gasteiger partial charge is 0.357 e. The highest BCUT2D eigenvalue weighted by Crippen LogP contribution is 2.19. The van der Waals surface area contributed by atoms with Gasteiger partial charge in [-0.25, -0.2) is 4.79 Å². The van der Waals surface area contributed by atoms with Crippen LogP contribution in [0.15, 0.2) is 34.2 Å². The number of imide groups is 1. The van der Waals surface area contributed by atoms with Crippen LogP contribution in [0, 0.1) is 0 Å². The van der Waals surface area contributed by atoms with Crippen molar-refractivity contribution in [1.29, 1.82) is 0 Å². The van der Waals surface area contributed by atoms with Crippen molar-refractivity contribution in [1.82, 2.24) is 20.9 Å². The Balaban J connectivity index is 1.72. The van der Waals surface area contributed by atoms with E-state index in [2.05, 4.69) is 20.9 Å². The van der Waals surface area contributed by atoms with Gasteiger partial charge in [0.1, 0.15) is 0 Å². The van der Waals surface area contributed by atoms with Gasteiger partial charge < -0.3 is 16.0 Å². The monoisotopic (exact) mass is 383 g/mol. The quantitative estimate of drug-likeness (QED) is 0.208. The molecule has 1 aromatic rings. The minimum atomic E-state index is -0.350. The van der Waals surface area contributed by atoms with Crippen LogP contribution in [-0.4, -0.2) is 61.3 Å². The third-order valence-electron chi connectivity index (χ3n) is 3.35. The third-order valence-corrected chi connectivity index (χ3v) is 4.62. The number of carbonyl (C=O) groups excluding carboxylic acids is 2. The number of amides is 3. The fraction of sp³-hybridized carbons (Fsp3) is 0.438. The van der Waals surface area contributed by atoms with Crippen molar-refractivity contribution in [3.8, 4) is 0 Å². The SMILES string of the molecule is CCNC(=NCCN1C(=O)CNC1=O)NCCSc1ccc(Cl)cc1. The molecule has 25 heavy (non-hydrogen) atoms. The zero-order valence-corrected chi connectivity index (χ0v) is 15.6. The summed E-state index contributed by atoms with van der Waals surface area (Å²) in [5.74, 6) is 1.34. The van der Waals surface area contributed by atoms with Gasteiger partial charge in [-0.1, -0.05) is 11.6 Å². The molecule has 1 aromatic carbocycles. The molecule has 2 rings (SSSR count). The molecule has 1 heterocycles. The van der Waals surface area contributed by atoms with Crippen LogP contribution >= 0.6 is 23.4 Å². The molecule has 0 radical (unpaired) electrons. The number of benzene rings is 1. The number of thioether (sulfide) groups is 1. The molecule has 1 saturated heterocycles. The maximum atomic E-state index is 11.5. The first kappa shape index (κ1) is 19.4. The Kier molecular flexibility index (Phi) is 7.87. The number of nitrogens with zero attached hydrogens (tertiary/aromatic N) is 2. The van der Waals surface area contributed by atoms with Gasteiger partial charge in [0, 0.05) is 28.8 Å². The van der Waals surface area contributed by atoms with E-state index in [4.69, 9.17) is 11.6 Å². The highest BCUT2D eigenvalue weighted by Gasteiger charge is 2.27. The Morgan fingerprint density at radius 2 is 2.08 bits per heavy atom. The number of urea groups is 1. The van der Waals surface area contributed by atoms with E-state index in [0.29, 0.717) is 12.5 Å². The van der Waals surface area contributed by atoms with Crippen molar-refractivity contribution in [3.63, 3.8) is 0 Å². The van der Waals surface area contributed by atoms with Crippen LogP contribution in [0.5, 0.6) is 0 Å². The minimum Gasteiger partial charge on any atom is -0.357 e. The molecule has 1 aliphatic heterocycles. The minimum absolute atomic E-state index is 0.0722. The normalized spacial score (nSPS) is 14.6. The van der Waals surface area contributed by atoms with Crippen molar-refractivity contribution >= 4 is 41.3 Å². The van der Waals surface area contributed by atoms with E-state index in [1.807, 2.05) is 31.2 Å². The zero-order chi connectivity index (χ0) is 18.1. The molecule has 0 atom stereocenters. The van der Waals surface area contributed by atoms with Gasteiger partial charge in [-0.2, -0.15) is 0 Å². The molecule has 0 spiro atoms. The fourth-order valence-corrected chi connectivity index (χ4v) is 3.05. The molecule has 0 bridgehead atoms. The summed E-state index contributed by atoms with van der Waals surface area (Å²) < 4.78 is 0. The highest BCUT2D eigenvalue weighted by atomic mass is 35.5. The molecule has 0 aromatic heterocycles. The second-order valence-electron chi connectivity index (χ2n) is 5.19. The van der Waals surface area contributed by atoms with Gasteiger partial charge in [0.05, 0.1) is 19.6 Å². The molecule has 3 N–H and O–H groups in total. The van der Waals surface area contributed by atoms with E-state index < -0.39 is 0 Å². The van der Waals surface area contributed by atoms with Crippen LogP contribution in [0.2, 0.25) is 5.02 Å². The summed E-state index contributed by atoms with van der Waals surface area (Å²) in [5, 5.41) is 9.60. The maximum absolute atomic E-state index is 11.5. The number of aliphatic imine (C=N–C) groups is 1. The average Bonchev–Trinajstić information content (AvgIpc) is 2.92. The summed E-state index contributed by atoms with van der Waals surface area (Å²) in [6, 6.07) is 7.38. The molecular formula is C16H22ClN5O2S. The Morgan fingerprint density at radius 1 is 1.32 bits per heavy atom. The molecule has 0 unspecified atom stereocenters. The lowest BCUT2D eigenvalue weighted by Gasteiger charge is -2.13. The number of guanidine groups is 1. The van der Waals surface area contributed by atoms with Crippen molar-refractivity contribution in [3.05, 3.63) is 29.3 Å². The van der Waals surface area contributed by atoms with E-state index in [0.717, 1.165) is 28.8 Å². The molecule has 7 nitrogen and oxygen atoms in total. The van der Waals surface area contributed by atoms with Gasteiger partial charge in [-0.3, -0.25) is 14.7 Å². The van der Waals surface area contributed by atoms with E-state index in [1.54, 1.807) is 11.8 Å². The van der Waals surface area contributed by atoms with Crippen molar-refractivity contribution in [2.45, 2.75) is 11.8 Å². The summed E-state index contributed by atoms with van der Waals surface area (Å²) in [5.41, 5.74) is 0. The topological polar surface area (TPSA) is 85.8 Å². The molecule has 1 fully saturated rings. The average molecular weight is 384 g/mol. The van der Waals surface area contributed by atoms with E-state index in [9.17, 15) is 9.59 Å². The number of halogens is 1. The first-order valence-corrected chi connectivity index (χ1v) is 9.45. The van der Waals surface area contributed by atoms with Crippen LogP contribution in [0.1, 0.15) is 6.92 Å². The van der Waals surface area contributed by atoms with Gasteiger partial charge >= 0.3 is 6.03 Å². The lowest BCUT2D eigenvalue weighted by Crippen LogP contribution is -2.39. The van der Waals surface area contributed by atoms with Gasteiger partial charge in [0.25, 0.3) is 0 Å². The molecule has 1 aliphatic rings. The lowest BCUT2D eigenvalue weighted by atomic mass is 10.4. The summed E-state index contributed by atoms with van der Waals surface area (Å²) in [6.45, 7) is 4.17. The lowest BCUT2D eigenvalue weighted by molar-refractivity contribution is -0.124. The van der Waals surface area contributed by atoms with Crippen LogP contribution in [0.3, 0.4) is 0 Å². The molecule has 0 saturated carbocycles. The second kappa shape index (κ2) is 10.1. The Morgan fingerprint density at radius 3 is 2.72 bits per heavy atom. The number of rotatable bonds is 8. The third kappa shape index (κ3) is 6.47. The van der Waals surface area contributed by atoms with Crippen LogP contribution in [0.25, 0.3) is 0 Å². The Hall–Kier alpha value is -1.93. The fourth-order valence-electron chi connectivity index (χ4n) is 2.15. The highest BCUT2D eigenvalue weighted by molar-refractivity contribution is 7.99. The van der Waals surface area contributed by atoms with Gasteiger partial charge in [-0.15, -0.1) is 11.8 Å². The number of carbonyl (C=O) groups is 2. The van der Waals surface area contributed by atoms with Gasteiger partial charge in [0.15, 0.2) is 5.96 Å². The molecule has 136 valence electrons. The predicted octanol–water partition coefficient (Wildman–Crippen LogP) is 1.54. The van der Waals surface area contributed by atoms with E-state index in [-0.39, 0.29) is 25.0 Å². The first-order valence-electron chi connectivity index (χ1n) is 8.09. The first-order chi connectivity index (χ1) is 12.1. The van der Waals surface area contributed by atoms with E-state index in [1.165, 1.54) is 4.90 Å². The standard InChI is InChI=1S/C16H22ClN5O2S/c1-2-18-15(19-7-9-22-14(23)11-21-16(22)24)20-8-10-25-13-5-3-12(17)4-6-13/h3-6H,2,7-11H2,1H3,(H,21,24)(H2,18,19,20). The molecule has 0 aliphatic carbocycles. The summed E-state index contributed by atoms with van der Waals surface area (Å²) in [6.07, 6.45) is 0. The molecule has 9 heteroatoms. The van der Waals surface area contributed by atoms with E-state index >= 15 is 0 Å². The summed E-state index contributed by atoms with van der Waals surface area (Å²) in [7, 11) is 0. The predicted molar refractivity (Wildman–Crippen MR) is 101 cm³/mol. The maximum Gasteiger partial charge on any atom is 0.324 e.